The fourth-order valence-corrected chi connectivity index (χ4v) is 3.62. The maximum absolute atomic E-state index is 12.7. The van der Waals surface area contributed by atoms with Crippen molar-refractivity contribution in [3.8, 4) is 11.5 Å². The van der Waals surface area contributed by atoms with E-state index in [-0.39, 0.29) is 11.8 Å². The lowest BCUT2D eigenvalue weighted by molar-refractivity contribution is -0.123. The number of rotatable bonds is 10. The molecule has 9 heteroatoms. The molecular weight excluding hydrogens is 546 g/mol. The Morgan fingerprint density at radius 3 is 2.36 bits per heavy atom. The number of halogens is 2. The summed E-state index contributed by atoms with van der Waals surface area (Å²) in [6.07, 6.45) is 1.50. The topological polar surface area (TPSA) is 89.0 Å². The van der Waals surface area contributed by atoms with Gasteiger partial charge in [0, 0.05) is 15.1 Å². The predicted molar refractivity (Wildman–Crippen MR) is 145 cm³/mol. The number of amides is 2. The van der Waals surface area contributed by atoms with Crippen molar-refractivity contribution in [2.75, 3.05) is 7.11 Å². The van der Waals surface area contributed by atoms with E-state index in [1.165, 1.54) is 6.21 Å². The van der Waals surface area contributed by atoms with Crippen LogP contribution in [0.25, 0.3) is 0 Å². The number of hydrazone groups is 1. The van der Waals surface area contributed by atoms with Gasteiger partial charge in [0.05, 0.1) is 13.3 Å². The number of methoxy groups -OCH3 is 1. The summed E-state index contributed by atoms with van der Waals surface area (Å²) in [5.41, 5.74) is 4.64. The second-order valence-corrected chi connectivity index (χ2v) is 9.61. The van der Waals surface area contributed by atoms with Gasteiger partial charge in [-0.15, -0.1) is 0 Å². The van der Waals surface area contributed by atoms with Crippen molar-refractivity contribution >= 4 is 45.6 Å². The van der Waals surface area contributed by atoms with Gasteiger partial charge in [-0.25, -0.2) is 5.43 Å². The number of carbonyl (C=O) groups is 2. The van der Waals surface area contributed by atoms with Crippen LogP contribution in [0.1, 0.15) is 35.3 Å². The van der Waals surface area contributed by atoms with Gasteiger partial charge in [0.25, 0.3) is 11.8 Å². The maximum atomic E-state index is 12.7. The minimum atomic E-state index is -0.769. The van der Waals surface area contributed by atoms with Gasteiger partial charge >= 0.3 is 0 Å². The second kappa shape index (κ2) is 13.1. The molecule has 0 fully saturated rings. The molecule has 0 bridgehead atoms. The Bertz CT molecular complexity index is 1210. The van der Waals surface area contributed by atoms with E-state index < -0.39 is 11.9 Å². The Morgan fingerprint density at radius 2 is 1.72 bits per heavy atom. The van der Waals surface area contributed by atoms with Crippen molar-refractivity contribution in [3.05, 3.63) is 92.9 Å². The first-order valence-electron chi connectivity index (χ1n) is 11.2. The van der Waals surface area contributed by atoms with Crippen molar-refractivity contribution in [2.45, 2.75) is 26.5 Å². The first-order valence-corrected chi connectivity index (χ1v) is 12.4. The number of nitrogens with one attached hydrogen (secondary N) is 2. The molecular formula is C27H27BrClN3O4. The first kappa shape index (κ1) is 27.2. The van der Waals surface area contributed by atoms with Crippen LogP contribution in [0.2, 0.25) is 5.02 Å². The van der Waals surface area contributed by atoms with E-state index in [2.05, 4.69) is 31.8 Å². The maximum Gasteiger partial charge on any atom is 0.262 e. The summed E-state index contributed by atoms with van der Waals surface area (Å²) in [5, 5.41) is 7.33. The van der Waals surface area contributed by atoms with Crippen LogP contribution in [0.15, 0.2) is 76.3 Å². The third-order valence-electron chi connectivity index (χ3n) is 5.23. The summed E-state index contributed by atoms with van der Waals surface area (Å²) in [6, 6.07) is 18.9. The lowest BCUT2D eigenvalue weighted by atomic mass is 10.0. The Kier molecular flexibility index (Phi) is 9.90. The van der Waals surface area contributed by atoms with Crippen LogP contribution in [0.3, 0.4) is 0 Å². The molecule has 0 saturated heterocycles. The molecule has 7 nitrogen and oxygen atoms in total. The normalized spacial score (nSPS) is 11.8. The summed E-state index contributed by atoms with van der Waals surface area (Å²) in [5.74, 6) is 0.181. The number of hydrogen-bond acceptors (Lipinski definition) is 5. The predicted octanol–water partition coefficient (Wildman–Crippen LogP) is 5.59. The van der Waals surface area contributed by atoms with Gasteiger partial charge in [0.1, 0.15) is 12.6 Å². The first-order chi connectivity index (χ1) is 17.3. The monoisotopic (exact) mass is 571 g/mol. The van der Waals surface area contributed by atoms with E-state index in [1.807, 2.05) is 38.1 Å². The molecule has 0 aliphatic rings. The second-order valence-electron chi connectivity index (χ2n) is 8.26. The van der Waals surface area contributed by atoms with E-state index in [0.29, 0.717) is 34.3 Å². The van der Waals surface area contributed by atoms with Gasteiger partial charge in [-0.3, -0.25) is 9.59 Å². The number of hydrogen-bond donors (Lipinski definition) is 2. The number of benzene rings is 3. The van der Waals surface area contributed by atoms with Gasteiger partial charge in [-0.2, -0.15) is 5.10 Å². The van der Waals surface area contributed by atoms with Crippen LogP contribution in [-0.2, 0) is 11.4 Å². The zero-order chi connectivity index (χ0) is 26.1. The third-order valence-corrected chi connectivity index (χ3v) is 6.01. The zero-order valence-electron chi connectivity index (χ0n) is 20.1. The third kappa shape index (κ3) is 7.83. The van der Waals surface area contributed by atoms with Crippen LogP contribution in [0.4, 0.5) is 0 Å². The Labute approximate surface area is 224 Å². The summed E-state index contributed by atoms with van der Waals surface area (Å²) < 4.78 is 12.3. The van der Waals surface area contributed by atoms with E-state index >= 15 is 0 Å². The van der Waals surface area contributed by atoms with Crippen molar-refractivity contribution in [3.63, 3.8) is 0 Å². The van der Waals surface area contributed by atoms with E-state index in [1.54, 1.807) is 49.6 Å². The molecule has 0 aliphatic carbocycles. The van der Waals surface area contributed by atoms with Gasteiger partial charge < -0.3 is 14.8 Å². The lowest BCUT2D eigenvalue weighted by Crippen LogP contribution is -2.48. The molecule has 1 atom stereocenters. The Balaban J connectivity index is 1.60. The van der Waals surface area contributed by atoms with Crippen molar-refractivity contribution in [1.82, 2.24) is 10.7 Å². The fourth-order valence-electron chi connectivity index (χ4n) is 3.23. The highest BCUT2D eigenvalue weighted by Gasteiger charge is 2.24. The van der Waals surface area contributed by atoms with Crippen molar-refractivity contribution < 1.29 is 19.1 Å². The molecule has 0 saturated carbocycles. The highest BCUT2D eigenvalue weighted by Crippen LogP contribution is 2.28. The van der Waals surface area contributed by atoms with Crippen molar-refractivity contribution in [2.24, 2.45) is 11.0 Å². The number of carbonyl (C=O) groups excluding carboxylic acids is 2. The van der Waals surface area contributed by atoms with Crippen LogP contribution < -0.4 is 20.2 Å². The average molecular weight is 573 g/mol. The van der Waals surface area contributed by atoms with Gasteiger partial charge in [0.15, 0.2) is 11.5 Å². The van der Waals surface area contributed by atoms with Gasteiger partial charge in [-0.1, -0.05) is 53.5 Å². The summed E-state index contributed by atoms with van der Waals surface area (Å²) in [7, 11) is 1.56. The minimum Gasteiger partial charge on any atom is -0.493 e. The Morgan fingerprint density at radius 1 is 1.03 bits per heavy atom. The van der Waals surface area contributed by atoms with E-state index in [4.69, 9.17) is 21.1 Å². The lowest BCUT2D eigenvalue weighted by Gasteiger charge is -2.20. The minimum absolute atomic E-state index is 0.154. The summed E-state index contributed by atoms with van der Waals surface area (Å²) >= 11 is 9.29. The van der Waals surface area contributed by atoms with Crippen LogP contribution in [-0.4, -0.2) is 31.2 Å². The van der Waals surface area contributed by atoms with E-state index in [9.17, 15) is 9.59 Å². The molecule has 3 rings (SSSR count). The summed E-state index contributed by atoms with van der Waals surface area (Å²) in [6.45, 7) is 4.08. The molecule has 3 aromatic rings. The quantitative estimate of drug-likeness (QED) is 0.245. The molecule has 0 aromatic heterocycles. The zero-order valence-corrected chi connectivity index (χ0v) is 22.5. The highest BCUT2D eigenvalue weighted by atomic mass is 79.9. The van der Waals surface area contributed by atoms with Crippen LogP contribution in [0, 0.1) is 5.92 Å². The Hall–Kier alpha value is -3.36. The molecule has 188 valence electrons. The van der Waals surface area contributed by atoms with E-state index in [0.717, 1.165) is 10.0 Å². The molecule has 0 spiro atoms. The van der Waals surface area contributed by atoms with Gasteiger partial charge in [-0.05, 0) is 71.6 Å². The molecule has 3 aromatic carbocycles. The molecule has 36 heavy (non-hydrogen) atoms. The van der Waals surface area contributed by atoms with Crippen LogP contribution >= 0.6 is 27.5 Å². The largest absolute Gasteiger partial charge is 0.493 e. The molecule has 1 unspecified atom stereocenters. The standard InChI is InChI=1S/C27H27BrClN3O4/c1-17(2)25(31-26(33)20-7-11-22(29)12-8-20)27(34)32-30-15-19-6-13-23(24(14-19)35-3)36-16-18-4-9-21(28)10-5-18/h4-15,17,25H,16H2,1-3H3,(H,31,33)(H,32,34)/b30-15-. The molecule has 2 N–H and O–H groups in total. The smallest absolute Gasteiger partial charge is 0.262 e. The molecule has 0 radical (unpaired) electrons. The van der Waals surface area contributed by atoms with Crippen molar-refractivity contribution in [1.29, 1.82) is 0 Å². The van der Waals surface area contributed by atoms with Gasteiger partial charge in [0.2, 0.25) is 0 Å². The number of nitrogens with zero attached hydrogens (tertiary/aromatic N) is 1. The fraction of sp³-hybridized carbons (Fsp3) is 0.222. The summed E-state index contributed by atoms with van der Waals surface area (Å²) in [4.78, 5) is 25.2. The number of ether oxygens (including phenoxy) is 2. The molecule has 0 heterocycles. The molecule has 0 aliphatic heterocycles. The van der Waals surface area contributed by atoms with Crippen LogP contribution in [0.5, 0.6) is 11.5 Å². The SMILES string of the molecule is COc1cc(/C=N\NC(=O)C(NC(=O)c2ccc(Cl)cc2)C(C)C)ccc1OCc1ccc(Br)cc1. The highest BCUT2D eigenvalue weighted by molar-refractivity contribution is 9.10. The average Bonchev–Trinajstić information content (AvgIpc) is 2.87. The molecule has 2 amide bonds.